The maximum atomic E-state index is 13.9. The van der Waals surface area contributed by atoms with Crippen molar-refractivity contribution in [1.29, 1.82) is 0 Å². The number of rotatable bonds is 3. The monoisotopic (exact) mass is 281 g/mol. The van der Waals surface area contributed by atoms with E-state index in [1.807, 2.05) is 0 Å². The van der Waals surface area contributed by atoms with Crippen LogP contribution in [-0.4, -0.2) is 12.9 Å². The summed E-state index contributed by atoms with van der Waals surface area (Å²) in [7, 11) is 0. The largest absolute Gasteiger partial charge is 0.454 e. The number of hydrogen-bond donors (Lipinski definition) is 0. The minimum Gasteiger partial charge on any atom is -0.454 e. The Bertz CT molecular complexity index is 599. The van der Waals surface area contributed by atoms with E-state index in [0.717, 1.165) is 13.3 Å². The van der Waals surface area contributed by atoms with Gasteiger partial charge in [-0.05, 0) is 37.0 Å². The van der Waals surface area contributed by atoms with E-state index in [1.54, 1.807) is 0 Å². The second-order valence-electron chi connectivity index (χ2n) is 5.23. The molecule has 20 heavy (non-hydrogen) atoms. The average Bonchev–Trinajstić information content (AvgIpc) is 2.78. The molecule has 0 spiro atoms. The minimum absolute atomic E-state index is 0.0114. The van der Waals surface area contributed by atoms with E-state index in [-0.39, 0.29) is 12.4 Å². The number of alkyl halides is 2. The van der Waals surface area contributed by atoms with Crippen LogP contribution in [0.1, 0.15) is 37.3 Å². The molecule has 6 heteroatoms. The highest BCUT2D eigenvalue weighted by Crippen LogP contribution is 2.51. The zero-order valence-corrected chi connectivity index (χ0v) is 10.9. The third-order valence-electron chi connectivity index (χ3n) is 3.93. The van der Waals surface area contributed by atoms with Crippen LogP contribution in [0.5, 0.6) is 11.5 Å². The summed E-state index contributed by atoms with van der Waals surface area (Å²) in [6, 6.07) is 2.81. The molecule has 0 aromatic heterocycles. The van der Waals surface area contributed by atoms with Gasteiger partial charge in [-0.25, -0.2) is 13.6 Å². The van der Waals surface area contributed by atoms with Crippen LogP contribution in [0.3, 0.4) is 0 Å². The van der Waals surface area contributed by atoms with Crippen LogP contribution >= 0.6 is 0 Å². The van der Waals surface area contributed by atoms with Gasteiger partial charge in [0.15, 0.2) is 11.5 Å². The second kappa shape index (κ2) is 4.28. The van der Waals surface area contributed by atoms with E-state index < -0.39 is 11.5 Å². The van der Waals surface area contributed by atoms with Crippen LogP contribution in [0, 0.1) is 0 Å². The van der Waals surface area contributed by atoms with Gasteiger partial charge in [0.25, 0.3) is 5.92 Å². The first-order chi connectivity index (χ1) is 9.46. The number of aliphatic imine (C=N–C) groups is 1. The molecule has 106 valence electrons. The first kappa shape index (κ1) is 13.1. The molecule has 2 aliphatic rings. The van der Waals surface area contributed by atoms with Crippen LogP contribution < -0.4 is 9.47 Å². The Morgan fingerprint density at radius 3 is 2.45 bits per heavy atom. The fourth-order valence-corrected chi connectivity index (χ4v) is 2.73. The third-order valence-corrected chi connectivity index (χ3v) is 3.93. The Labute approximate surface area is 114 Å². The summed E-state index contributed by atoms with van der Waals surface area (Å²) in [5, 5.41) is 0. The third kappa shape index (κ3) is 1.88. The Hall–Kier alpha value is -1.94. The number of isocyanates is 1. The van der Waals surface area contributed by atoms with E-state index in [4.69, 9.17) is 9.47 Å². The Morgan fingerprint density at radius 2 is 1.95 bits per heavy atom. The number of ether oxygens (including phenoxy) is 2. The lowest BCUT2D eigenvalue weighted by molar-refractivity contribution is 0.0140. The standard InChI is InChI=1S/C14H13F2NO3/c1-13(15,16)9-5-11-12(20-8-19-11)6-10(9)14(17-7-18)3-2-4-14/h5-6H,2-4,8H2,1H3. The second-order valence-corrected chi connectivity index (χ2v) is 5.23. The summed E-state index contributed by atoms with van der Waals surface area (Å²) < 4.78 is 38.1. The molecular weight excluding hydrogens is 268 g/mol. The molecule has 1 aliphatic carbocycles. The van der Waals surface area contributed by atoms with E-state index in [0.29, 0.717) is 29.9 Å². The quantitative estimate of drug-likeness (QED) is 0.631. The fourth-order valence-electron chi connectivity index (χ4n) is 2.73. The summed E-state index contributed by atoms with van der Waals surface area (Å²) in [6.07, 6.45) is 3.48. The molecule has 3 rings (SSSR count). The maximum Gasteiger partial charge on any atom is 0.271 e. The van der Waals surface area contributed by atoms with Gasteiger partial charge >= 0.3 is 0 Å². The van der Waals surface area contributed by atoms with Crippen LogP contribution in [0.4, 0.5) is 8.78 Å². The van der Waals surface area contributed by atoms with Crippen molar-refractivity contribution in [3.63, 3.8) is 0 Å². The maximum absolute atomic E-state index is 13.9. The molecule has 0 unspecified atom stereocenters. The smallest absolute Gasteiger partial charge is 0.271 e. The molecule has 1 heterocycles. The minimum atomic E-state index is -3.04. The van der Waals surface area contributed by atoms with Gasteiger partial charge in [-0.1, -0.05) is 0 Å². The molecule has 0 amide bonds. The molecule has 1 aliphatic heterocycles. The van der Waals surface area contributed by atoms with Gasteiger partial charge in [0, 0.05) is 12.5 Å². The molecule has 0 N–H and O–H groups in total. The molecule has 1 fully saturated rings. The van der Waals surface area contributed by atoms with Crippen LogP contribution in [0.2, 0.25) is 0 Å². The van der Waals surface area contributed by atoms with Gasteiger partial charge in [0.1, 0.15) is 0 Å². The normalized spacial score (nSPS) is 19.1. The fraction of sp³-hybridized carbons (Fsp3) is 0.500. The SMILES string of the molecule is CC(F)(F)c1cc2c(cc1C1(N=C=O)CCC1)OCO2. The zero-order chi connectivity index (χ0) is 14.4. The predicted octanol–water partition coefficient (Wildman–Crippen LogP) is 3.24. The molecule has 1 aromatic carbocycles. The van der Waals surface area contributed by atoms with Crippen molar-refractivity contribution in [2.24, 2.45) is 4.99 Å². The van der Waals surface area contributed by atoms with Crippen molar-refractivity contribution in [3.05, 3.63) is 23.3 Å². The summed E-state index contributed by atoms with van der Waals surface area (Å²) in [5.41, 5.74) is -0.721. The van der Waals surface area contributed by atoms with Crippen molar-refractivity contribution < 1.29 is 23.0 Å². The summed E-state index contributed by atoms with van der Waals surface area (Å²) in [4.78, 5) is 14.4. The lowest BCUT2D eigenvalue weighted by Crippen LogP contribution is -2.34. The molecule has 1 aromatic rings. The van der Waals surface area contributed by atoms with Gasteiger partial charge in [-0.2, -0.15) is 4.99 Å². The van der Waals surface area contributed by atoms with Gasteiger partial charge in [-0.15, -0.1) is 0 Å². The van der Waals surface area contributed by atoms with E-state index in [9.17, 15) is 13.6 Å². The van der Waals surface area contributed by atoms with E-state index in [2.05, 4.69) is 4.99 Å². The average molecular weight is 281 g/mol. The van der Waals surface area contributed by atoms with E-state index in [1.165, 1.54) is 18.2 Å². The van der Waals surface area contributed by atoms with E-state index >= 15 is 0 Å². The highest BCUT2D eigenvalue weighted by molar-refractivity contribution is 5.54. The Balaban J connectivity index is 2.20. The number of carbonyl (C=O) groups excluding carboxylic acids is 1. The number of halogens is 2. The molecule has 0 saturated heterocycles. The number of hydrogen-bond acceptors (Lipinski definition) is 4. The summed E-state index contributed by atoms with van der Waals surface area (Å²) >= 11 is 0. The van der Waals surface area contributed by atoms with Gasteiger partial charge < -0.3 is 9.47 Å². The number of nitrogens with zero attached hydrogens (tertiary/aromatic N) is 1. The lowest BCUT2D eigenvalue weighted by atomic mass is 9.70. The van der Waals surface area contributed by atoms with Gasteiger partial charge in [0.05, 0.1) is 5.54 Å². The predicted molar refractivity (Wildman–Crippen MR) is 65.8 cm³/mol. The Kier molecular flexibility index (Phi) is 2.80. The molecule has 0 bridgehead atoms. The van der Waals surface area contributed by atoms with Gasteiger partial charge in [-0.3, -0.25) is 0 Å². The molecule has 4 nitrogen and oxygen atoms in total. The molecule has 1 saturated carbocycles. The topological polar surface area (TPSA) is 47.9 Å². The summed E-state index contributed by atoms with van der Waals surface area (Å²) in [6.45, 7) is 0.836. The lowest BCUT2D eigenvalue weighted by Gasteiger charge is -2.39. The van der Waals surface area contributed by atoms with Crippen molar-refractivity contribution in [3.8, 4) is 11.5 Å². The number of fused-ring (bicyclic) bond motifs is 1. The molecule has 0 atom stereocenters. The first-order valence-electron chi connectivity index (χ1n) is 6.38. The van der Waals surface area contributed by atoms with Crippen LogP contribution in [0.25, 0.3) is 0 Å². The summed E-state index contributed by atoms with van der Waals surface area (Å²) in [5.74, 6) is -2.33. The number of benzene rings is 1. The van der Waals surface area contributed by atoms with Crippen molar-refractivity contribution >= 4 is 6.08 Å². The Morgan fingerprint density at radius 1 is 1.30 bits per heavy atom. The zero-order valence-electron chi connectivity index (χ0n) is 10.9. The first-order valence-corrected chi connectivity index (χ1v) is 6.38. The van der Waals surface area contributed by atoms with Gasteiger partial charge in [0.2, 0.25) is 12.9 Å². The highest BCUT2D eigenvalue weighted by Gasteiger charge is 2.45. The molecule has 0 radical (unpaired) electrons. The highest BCUT2D eigenvalue weighted by atomic mass is 19.3. The van der Waals surface area contributed by atoms with Crippen molar-refractivity contribution in [1.82, 2.24) is 0 Å². The van der Waals surface area contributed by atoms with Crippen molar-refractivity contribution in [2.45, 2.75) is 37.6 Å². The van der Waals surface area contributed by atoms with Crippen molar-refractivity contribution in [2.75, 3.05) is 6.79 Å². The van der Waals surface area contributed by atoms with Crippen LogP contribution in [-0.2, 0) is 16.3 Å². The van der Waals surface area contributed by atoms with Crippen LogP contribution in [0.15, 0.2) is 17.1 Å². The molecular formula is C14H13F2NO3.